The summed E-state index contributed by atoms with van der Waals surface area (Å²) in [4.78, 5) is 17.4. The molecule has 0 unspecified atom stereocenters. The molecule has 0 aromatic carbocycles. The number of aryl methyl sites for hydroxylation is 1. The molecule has 0 aliphatic carbocycles. The Hall–Kier alpha value is -2.94. The Morgan fingerprint density at radius 3 is 2.72 bits per heavy atom. The molecule has 1 amide bonds. The van der Waals surface area contributed by atoms with Crippen molar-refractivity contribution >= 4 is 17.4 Å². The summed E-state index contributed by atoms with van der Waals surface area (Å²) < 4.78 is 7.80. The molecule has 1 atom stereocenters. The van der Waals surface area contributed by atoms with E-state index in [1.165, 1.54) is 38.5 Å². The molecule has 3 aromatic heterocycles. The van der Waals surface area contributed by atoms with Crippen molar-refractivity contribution in [1.82, 2.24) is 30.0 Å². The average molecular weight is 494 g/mol. The van der Waals surface area contributed by atoms with Crippen LogP contribution in [0.25, 0.3) is 5.65 Å². The highest BCUT2D eigenvalue weighted by atomic mass is 16.3. The molecule has 5 rings (SSSR count). The van der Waals surface area contributed by atoms with Crippen LogP contribution in [0.2, 0.25) is 0 Å². The highest BCUT2D eigenvalue weighted by molar-refractivity contribution is 5.76. The van der Waals surface area contributed by atoms with Gasteiger partial charge in [0.15, 0.2) is 11.5 Å². The molecule has 0 saturated carbocycles. The third-order valence-electron chi connectivity index (χ3n) is 7.75. The van der Waals surface area contributed by atoms with E-state index in [2.05, 4.69) is 39.2 Å². The minimum atomic E-state index is -0.0343. The number of carbonyl (C=O) groups is 1. The van der Waals surface area contributed by atoms with Gasteiger partial charge in [0.25, 0.3) is 0 Å². The van der Waals surface area contributed by atoms with Gasteiger partial charge in [-0.2, -0.15) is 4.52 Å². The summed E-state index contributed by atoms with van der Waals surface area (Å²) in [6.45, 7) is 8.98. The van der Waals surface area contributed by atoms with Gasteiger partial charge in [0, 0.05) is 32.0 Å². The van der Waals surface area contributed by atoms with E-state index in [1.54, 1.807) is 4.52 Å². The van der Waals surface area contributed by atoms with Crippen molar-refractivity contribution in [1.29, 1.82) is 0 Å². The Morgan fingerprint density at radius 2 is 1.89 bits per heavy atom. The highest BCUT2D eigenvalue weighted by Gasteiger charge is 2.22. The number of hydrogen-bond acceptors (Lipinski definition) is 7. The Balaban J connectivity index is 1.12. The number of anilines is 1. The van der Waals surface area contributed by atoms with Crippen molar-refractivity contribution < 1.29 is 9.21 Å². The van der Waals surface area contributed by atoms with E-state index >= 15 is 0 Å². The molecule has 5 heterocycles. The van der Waals surface area contributed by atoms with Gasteiger partial charge in [-0.05, 0) is 68.8 Å². The molecular formula is C27H39N7O2. The number of likely N-dealkylation sites (tertiary alicyclic amines) is 1. The fraction of sp³-hybridized carbons (Fsp3) is 0.630. The topological polar surface area (TPSA) is 91.8 Å². The first-order valence-electron chi connectivity index (χ1n) is 13.6. The van der Waals surface area contributed by atoms with Crippen LogP contribution >= 0.6 is 0 Å². The number of nitrogens with zero attached hydrogens (tertiary/aromatic N) is 6. The maximum absolute atomic E-state index is 12.6. The number of carbonyl (C=O) groups excluding carboxylic acids is 1. The number of amides is 1. The molecule has 0 spiro atoms. The van der Waals surface area contributed by atoms with E-state index in [1.807, 2.05) is 24.3 Å². The van der Waals surface area contributed by atoms with Crippen LogP contribution in [-0.2, 0) is 24.3 Å². The molecule has 2 aliphatic rings. The summed E-state index contributed by atoms with van der Waals surface area (Å²) in [7, 11) is 0. The van der Waals surface area contributed by atoms with Crippen LogP contribution in [0.1, 0.15) is 76.1 Å². The second kappa shape index (κ2) is 11.4. The maximum atomic E-state index is 12.6. The SMILES string of the molecule is CC[C@@H]1CCCCN1Cc1ccc(CNC(=O)CCc2nnc3ccc(N4CCC(C)CC4)nn23)o1. The summed E-state index contributed by atoms with van der Waals surface area (Å²) in [6, 6.07) is 8.63. The molecule has 0 bridgehead atoms. The number of fused-ring (bicyclic) bond motifs is 1. The molecule has 1 N–H and O–H groups in total. The number of rotatable bonds is 9. The monoisotopic (exact) mass is 493 g/mol. The molecule has 3 aromatic rings. The smallest absolute Gasteiger partial charge is 0.220 e. The minimum Gasteiger partial charge on any atom is -0.463 e. The van der Waals surface area contributed by atoms with Crippen molar-refractivity contribution in [3.63, 3.8) is 0 Å². The first-order valence-corrected chi connectivity index (χ1v) is 13.6. The van der Waals surface area contributed by atoms with E-state index in [0.717, 1.165) is 49.4 Å². The van der Waals surface area contributed by atoms with Crippen LogP contribution < -0.4 is 10.2 Å². The van der Waals surface area contributed by atoms with Gasteiger partial charge in [-0.3, -0.25) is 9.69 Å². The minimum absolute atomic E-state index is 0.0343. The van der Waals surface area contributed by atoms with Crippen LogP contribution in [-0.4, -0.2) is 56.3 Å². The lowest BCUT2D eigenvalue weighted by atomic mass is 9.99. The lowest BCUT2D eigenvalue weighted by Gasteiger charge is -2.34. The van der Waals surface area contributed by atoms with Gasteiger partial charge >= 0.3 is 0 Å². The summed E-state index contributed by atoms with van der Waals surface area (Å²) in [6.07, 6.45) is 8.22. The van der Waals surface area contributed by atoms with E-state index in [0.29, 0.717) is 36.9 Å². The molecule has 194 valence electrons. The van der Waals surface area contributed by atoms with Crippen molar-refractivity contribution in [2.24, 2.45) is 5.92 Å². The summed E-state index contributed by atoms with van der Waals surface area (Å²) in [5.74, 6) is 4.15. The van der Waals surface area contributed by atoms with Crippen LogP contribution in [0.4, 0.5) is 5.82 Å². The second-order valence-electron chi connectivity index (χ2n) is 10.4. The second-order valence-corrected chi connectivity index (χ2v) is 10.4. The van der Waals surface area contributed by atoms with Gasteiger partial charge in [0.2, 0.25) is 5.91 Å². The predicted molar refractivity (Wildman–Crippen MR) is 139 cm³/mol. The molecule has 9 nitrogen and oxygen atoms in total. The van der Waals surface area contributed by atoms with Gasteiger partial charge in [0.1, 0.15) is 17.3 Å². The van der Waals surface area contributed by atoms with Crippen LogP contribution in [0.15, 0.2) is 28.7 Å². The number of hydrogen-bond donors (Lipinski definition) is 1. The van der Waals surface area contributed by atoms with Gasteiger partial charge < -0.3 is 14.6 Å². The Morgan fingerprint density at radius 1 is 1.06 bits per heavy atom. The lowest BCUT2D eigenvalue weighted by Crippen LogP contribution is -2.38. The zero-order chi connectivity index (χ0) is 24.9. The number of furan rings is 1. The summed E-state index contributed by atoms with van der Waals surface area (Å²) >= 11 is 0. The summed E-state index contributed by atoms with van der Waals surface area (Å²) in [5.41, 5.74) is 0.710. The summed E-state index contributed by atoms with van der Waals surface area (Å²) in [5, 5.41) is 16.3. The standard InChI is InChI=1S/C27H39N7O2/c1-3-21-6-4-5-15-33(21)19-23-8-7-22(36-23)18-28-27(35)12-11-25-30-29-24-9-10-26(31-34(24)25)32-16-13-20(2)14-17-32/h7-10,20-21H,3-6,11-19H2,1-2H3,(H,28,35)/t21-/m1/s1. The number of nitrogens with one attached hydrogen (secondary N) is 1. The van der Waals surface area contributed by atoms with Gasteiger partial charge in [-0.25, -0.2) is 0 Å². The average Bonchev–Trinajstić information content (AvgIpc) is 3.53. The molecule has 9 heteroatoms. The van der Waals surface area contributed by atoms with Gasteiger partial charge in [0.05, 0.1) is 13.1 Å². The quantitative estimate of drug-likeness (QED) is 0.482. The normalized spacial score (nSPS) is 19.7. The number of aromatic nitrogens is 4. The third kappa shape index (κ3) is 5.88. The lowest BCUT2D eigenvalue weighted by molar-refractivity contribution is -0.121. The van der Waals surface area contributed by atoms with Crippen LogP contribution in [0.5, 0.6) is 0 Å². The van der Waals surface area contributed by atoms with E-state index in [-0.39, 0.29) is 5.91 Å². The van der Waals surface area contributed by atoms with E-state index < -0.39 is 0 Å². The molecular weight excluding hydrogens is 454 g/mol. The Kier molecular flexibility index (Phi) is 7.84. The fourth-order valence-electron chi connectivity index (χ4n) is 5.42. The first kappa shape index (κ1) is 24.7. The van der Waals surface area contributed by atoms with Crippen molar-refractivity contribution in [3.8, 4) is 0 Å². The van der Waals surface area contributed by atoms with Gasteiger partial charge in [-0.1, -0.05) is 20.3 Å². The van der Waals surface area contributed by atoms with Crippen molar-refractivity contribution in [2.45, 2.75) is 84.3 Å². The largest absolute Gasteiger partial charge is 0.463 e. The maximum Gasteiger partial charge on any atom is 0.220 e. The molecule has 2 saturated heterocycles. The third-order valence-corrected chi connectivity index (χ3v) is 7.75. The van der Waals surface area contributed by atoms with Crippen molar-refractivity contribution in [2.75, 3.05) is 24.5 Å². The Bertz CT molecular complexity index is 1150. The molecule has 2 aliphatic heterocycles. The predicted octanol–water partition coefficient (Wildman–Crippen LogP) is 3.97. The first-order chi connectivity index (χ1) is 17.6. The molecule has 2 fully saturated rings. The van der Waals surface area contributed by atoms with Gasteiger partial charge in [-0.15, -0.1) is 15.3 Å². The van der Waals surface area contributed by atoms with Crippen LogP contribution in [0.3, 0.4) is 0 Å². The Labute approximate surface area is 213 Å². The number of piperidine rings is 2. The fourth-order valence-corrected chi connectivity index (χ4v) is 5.42. The van der Waals surface area contributed by atoms with E-state index in [9.17, 15) is 4.79 Å². The zero-order valence-corrected chi connectivity index (χ0v) is 21.7. The van der Waals surface area contributed by atoms with Crippen molar-refractivity contribution in [3.05, 3.63) is 41.6 Å². The van der Waals surface area contributed by atoms with E-state index in [4.69, 9.17) is 9.52 Å². The molecule has 0 radical (unpaired) electrons. The zero-order valence-electron chi connectivity index (χ0n) is 21.7. The highest BCUT2D eigenvalue weighted by Crippen LogP contribution is 2.23. The molecule has 36 heavy (non-hydrogen) atoms. The van der Waals surface area contributed by atoms with Crippen LogP contribution in [0, 0.1) is 5.92 Å².